The molecule has 0 atom stereocenters. The third kappa shape index (κ3) is 2.47. The summed E-state index contributed by atoms with van der Waals surface area (Å²) in [4.78, 5) is 10.4. The molecule has 0 aliphatic carbocycles. The van der Waals surface area contributed by atoms with Crippen LogP contribution in [-0.2, 0) is 6.54 Å². The lowest BCUT2D eigenvalue weighted by Gasteiger charge is -2.01. The van der Waals surface area contributed by atoms with Gasteiger partial charge in [0.05, 0.1) is 0 Å². The van der Waals surface area contributed by atoms with Crippen molar-refractivity contribution in [2.45, 2.75) is 13.5 Å². The Morgan fingerprint density at radius 3 is 3.00 bits per heavy atom. The highest BCUT2D eigenvalue weighted by atomic mass is 16.1. The molecule has 2 heteroatoms. The summed E-state index contributed by atoms with van der Waals surface area (Å²) in [6.45, 7) is 3.84. The minimum atomic E-state index is 0.741. The summed E-state index contributed by atoms with van der Waals surface area (Å²) >= 11 is 0. The summed E-state index contributed by atoms with van der Waals surface area (Å²) in [5.74, 6) is 0. The van der Waals surface area contributed by atoms with E-state index in [1.807, 2.05) is 24.3 Å². The zero-order valence-corrected chi connectivity index (χ0v) is 7.21. The van der Waals surface area contributed by atoms with Crippen LogP contribution >= 0.6 is 0 Å². The van der Waals surface area contributed by atoms with Crippen molar-refractivity contribution < 1.29 is 4.79 Å². The van der Waals surface area contributed by atoms with E-state index in [9.17, 15) is 4.79 Å². The van der Waals surface area contributed by atoms with E-state index in [1.165, 1.54) is 0 Å². The lowest BCUT2D eigenvalue weighted by molar-refractivity contribution is 0.112. The Hall–Kier alpha value is -1.15. The lowest BCUT2D eigenvalue weighted by Crippen LogP contribution is -2.11. The number of hydrogen-bond acceptors (Lipinski definition) is 2. The molecule has 1 rings (SSSR count). The first-order valence-corrected chi connectivity index (χ1v) is 4.11. The number of aldehydes is 1. The van der Waals surface area contributed by atoms with Gasteiger partial charge in [-0.1, -0.05) is 25.1 Å². The number of nitrogens with one attached hydrogen (secondary N) is 1. The maximum Gasteiger partial charge on any atom is 0.150 e. The molecule has 0 saturated heterocycles. The minimum Gasteiger partial charge on any atom is -0.313 e. The molecule has 0 bridgehead atoms. The zero-order valence-electron chi connectivity index (χ0n) is 7.21. The van der Waals surface area contributed by atoms with Crippen molar-refractivity contribution in [2.24, 2.45) is 0 Å². The van der Waals surface area contributed by atoms with Crippen LogP contribution in [0, 0.1) is 0 Å². The number of hydrogen-bond donors (Lipinski definition) is 1. The lowest BCUT2D eigenvalue weighted by atomic mass is 10.1. The van der Waals surface area contributed by atoms with Crippen molar-refractivity contribution in [3.63, 3.8) is 0 Å². The van der Waals surface area contributed by atoms with Gasteiger partial charge in [0.2, 0.25) is 0 Å². The SMILES string of the molecule is CCNCc1cccc(C=O)c1. The van der Waals surface area contributed by atoms with Gasteiger partial charge < -0.3 is 5.32 Å². The molecule has 12 heavy (non-hydrogen) atoms. The van der Waals surface area contributed by atoms with Crippen molar-refractivity contribution in [3.05, 3.63) is 35.4 Å². The summed E-state index contributed by atoms with van der Waals surface area (Å²) < 4.78 is 0. The van der Waals surface area contributed by atoms with Gasteiger partial charge in [-0.25, -0.2) is 0 Å². The van der Waals surface area contributed by atoms with E-state index in [4.69, 9.17) is 0 Å². The van der Waals surface area contributed by atoms with Crippen LogP contribution in [0.2, 0.25) is 0 Å². The Labute approximate surface area is 72.6 Å². The Morgan fingerprint density at radius 1 is 1.50 bits per heavy atom. The predicted octanol–water partition coefficient (Wildman–Crippen LogP) is 1.61. The average Bonchev–Trinajstić information content (AvgIpc) is 2.15. The molecule has 2 nitrogen and oxygen atoms in total. The molecule has 0 unspecified atom stereocenters. The van der Waals surface area contributed by atoms with Gasteiger partial charge in [-0.3, -0.25) is 4.79 Å². The molecule has 0 aromatic heterocycles. The smallest absolute Gasteiger partial charge is 0.150 e. The number of carbonyl (C=O) groups is 1. The third-order valence-corrected chi connectivity index (χ3v) is 1.67. The first-order valence-electron chi connectivity index (χ1n) is 4.11. The van der Waals surface area contributed by atoms with Gasteiger partial charge in [-0.15, -0.1) is 0 Å². The van der Waals surface area contributed by atoms with Crippen LogP contribution in [0.25, 0.3) is 0 Å². The first kappa shape index (κ1) is 8.94. The van der Waals surface area contributed by atoms with Crippen molar-refractivity contribution in [1.29, 1.82) is 0 Å². The van der Waals surface area contributed by atoms with E-state index in [0.29, 0.717) is 0 Å². The molecule has 0 fully saturated rings. The van der Waals surface area contributed by atoms with Gasteiger partial charge in [0.1, 0.15) is 6.29 Å². The molecule has 1 aromatic rings. The van der Waals surface area contributed by atoms with E-state index in [-0.39, 0.29) is 0 Å². The fourth-order valence-corrected chi connectivity index (χ4v) is 1.05. The molecule has 64 valence electrons. The Kier molecular flexibility index (Phi) is 3.48. The standard InChI is InChI=1S/C10H13NO/c1-2-11-7-9-4-3-5-10(6-9)8-12/h3-6,8,11H,2,7H2,1H3. The fourth-order valence-electron chi connectivity index (χ4n) is 1.05. The molecule has 0 aliphatic heterocycles. The van der Waals surface area contributed by atoms with Crippen molar-refractivity contribution in [2.75, 3.05) is 6.54 Å². The van der Waals surface area contributed by atoms with E-state index in [1.54, 1.807) is 0 Å². The monoisotopic (exact) mass is 163 g/mol. The first-order chi connectivity index (χ1) is 5.86. The summed E-state index contributed by atoms with van der Waals surface area (Å²) in [5.41, 5.74) is 1.90. The van der Waals surface area contributed by atoms with Gasteiger partial charge in [0, 0.05) is 12.1 Å². The van der Waals surface area contributed by atoms with Crippen LogP contribution in [0.15, 0.2) is 24.3 Å². The van der Waals surface area contributed by atoms with Crippen molar-refractivity contribution in [3.8, 4) is 0 Å². The van der Waals surface area contributed by atoms with E-state index >= 15 is 0 Å². The highest BCUT2D eigenvalue weighted by Gasteiger charge is 1.92. The topological polar surface area (TPSA) is 29.1 Å². The third-order valence-electron chi connectivity index (χ3n) is 1.67. The summed E-state index contributed by atoms with van der Waals surface area (Å²) in [5, 5.41) is 3.20. The van der Waals surface area contributed by atoms with Crippen LogP contribution < -0.4 is 5.32 Å². The molecular weight excluding hydrogens is 150 g/mol. The van der Waals surface area contributed by atoms with Crippen LogP contribution in [0.5, 0.6) is 0 Å². The van der Waals surface area contributed by atoms with E-state index in [0.717, 1.165) is 30.5 Å². The second-order valence-electron chi connectivity index (χ2n) is 2.64. The molecule has 0 saturated carbocycles. The number of carbonyl (C=O) groups excluding carboxylic acids is 1. The van der Waals surface area contributed by atoms with Crippen LogP contribution in [0.1, 0.15) is 22.8 Å². The summed E-state index contributed by atoms with van der Waals surface area (Å²) in [7, 11) is 0. The van der Waals surface area contributed by atoms with E-state index in [2.05, 4.69) is 12.2 Å². The largest absolute Gasteiger partial charge is 0.313 e. The van der Waals surface area contributed by atoms with Gasteiger partial charge >= 0.3 is 0 Å². The highest BCUT2D eigenvalue weighted by molar-refractivity contribution is 5.74. The molecule has 0 heterocycles. The summed E-state index contributed by atoms with van der Waals surface area (Å²) in [6, 6.07) is 7.62. The molecule has 0 spiro atoms. The highest BCUT2D eigenvalue weighted by Crippen LogP contribution is 2.02. The number of benzene rings is 1. The second kappa shape index (κ2) is 4.67. The van der Waals surface area contributed by atoms with Crippen LogP contribution in [0.4, 0.5) is 0 Å². The molecule has 0 amide bonds. The van der Waals surface area contributed by atoms with Crippen molar-refractivity contribution >= 4 is 6.29 Å². The Balaban J connectivity index is 2.66. The molecule has 1 N–H and O–H groups in total. The zero-order chi connectivity index (χ0) is 8.81. The predicted molar refractivity (Wildman–Crippen MR) is 49.2 cm³/mol. The fraction of sp³-hybridized carbons (Fsp3) is 0.300. The van der Waals surface area contributed by atoms with Gasteiger partial charge in [-0.2, -0.15) is 0 Å². The van der Waals surface area contributed by atoms with Gasteiger partial charge in [-0.05, 0) is 18.2 Å². The second-order valence-corrected chi connectivity index (χ2v) is 2.64. The molecule has 0 aliphatic rings. The quantitative estimate of drug-likeness (QED) is 0.683. The Bertz CT molecular complexity index is 258. The number of rotatable bonds is 4. The maximum atomic E-state index is 10.4. The van der Waals surface area contributed by atoms with Gasteiger partial charge in [0.15, 0.2) is 0 Å². The molecular formula is C10H13NO. The molecule has 0 radical (unpaired) electrons. The van der Waals surface area contributed by atoms with Crippen LogP contribution in [0.3, 0.4) is 0 Å². The maximum absolute atomic E-state index is 10.4. The average molecular weight is 163 g/mol. The molecule has 1 aromatic carbocycles. The van der Waals surface area contributed by atoms with Crippen molar-refractivity contribution in [1.82, 2.24) is 5.32 Å². The van der Waals surface area contributed by atoms with Gasteiger partial charge in [0.25, 0.3) is 0 Å². The normalized spacial score (nSPS) is 9.75. The summed E-state index contributed by atoms with van der Waals surface area (Å²) in [6.07, 6.45) is 0.870. The minimum absolute atomic E-state index is 0.741. The Morgan fingerprint density at radius 2 is 2.33 bits per heavy atom. The van der Waals surface area contributed by atoms with Crippen LogP contribution in [-0.4, -0.2) is 12.8 Å². The van der Waals surface area contributed by atoms with E-state index < -0.39 is 0 Å².